The molecule has 2 aromatic rings. The molecular weight excluding hydrogens is 240 g/mol. The lowest BCUT2D eigenvalue weighted by Crippen LogP contribution is -2.17. The molecule has 1 unspecified atom stereocenters. The molecule has 2 heterocycles. The number of nitrogens with zero attached hydrogens (tertiary/aromatic N) is 3. The molecule has 2 N–H and O–H groups in total. The third-order valence-corrected chi connectivity index (χ3v) is 2.85. The minimum atomic E-state index is -0.418. The summed E-state index contributed by atoms with van der Waals surface area (Å²) in [4.78, 5) is 4.11. The van der Waals surface area contributed by atoms with Crippen molar-refractivity contribution in [3.8, 4) is 5.88 Å². The monoisotopic (exact) mass is 252 g/mol. The average Bonchev–Trinajstić information content (AvgIpc) is 2.68. The SMILES string of the molecule is COc1ncccc1C(N)c1c(Cl)cnn1C. The number of aryl methyl sites for hydroxylation is 1. The molecule has 0 aliphatic rings. The number of halogens is 1. The quantitative estimate of drug-likeness (QED) is 0.900. The maximum atomic E-state index is 6.17. The molecule has 2 rings (SSSR count). The number of hydrogen-bond acceptors (Lipinski definition) is 4. The van der Waals surface area contributed by atoms with Gasteiger partial charge in [0.1, 0.15) is 0 Å². The van der Waals surface area contributed by atoms with Crippen molar-refractivity contribution >= 4 is 11.6 Å². The fourth-order valence-electron chi connectivity index (χ4n) is 1.73. The molecule has 0 bridgehead atoms. The molecule has 0 saturated carbocycles. The van der Waals surface area contributed by atoms with E-state index in [4.69, 9.17) is 22.1 Å². The normalized spacial score (nSPS) is 12.5. The molecule has 0 fully saturated rings. The van der Waals surface area contributed by atoms with E-state index in [0.29, 0.717) is 10.9 Å². The molecule has 2 aromatic heterocycles. The Labute approximate surface area is 104 Å². The van der Waals surface area contributed by atoms with Crippen LogP contribution in [0.5, 0.6) is 5.88 Å². The van der Waals surface area contributed by atoms with E-state index in [1.165, 1.54) is 0 Å². The summed E-state index contributed by atoms with van der Waals surface area (Å²) in [5.41, 5.74) is 7.69. The van der Waals surface area contributed by atoms with Gasteiger partial charge in [0.15, 0.2) is 0 Å². The van der Waals surface area contributed by atoms with Crippen molar-refractivity contribution in [1.29, 1.82) is 0 Å². The van der Waals surface area contributed by atoms with Crippen molar-refractivity contribution < 1.29 is 4.74 Å². The summed E-state index contributed by atoms with van der Waals surface area (Å²) in [5.74, 6) is 0.497. The molecule has 0 aromatic carbocycles. The Morgan fingerprint density at radius 1 is 1.53 bits per heavy atom. The van der Waals surface area contributed by atoms with E-state index >= 15 is 0 Å². The molecule has 6 heteroatoms. The van der Waals surface area contributed by atoms with Crippen LogP contribution in [0.4, 0.5) is 0 Å². The Bertz CT molecular complexity index is 506. The number of rotatable bonds is 3. The van der Waals surface area contributed by atoms with Crippen LogP contribution in [0.1, 0.15) is 17.3 Å². The zero-order valence-corrected chi connectivity index (χ0v) is 10.3. The average molecular weight is 253 g/mol. The third-order valence-electron chi connectivity index (χ3n) is 2.56. The number of nitrogens with two attached hydrogens (primary N) is 1. The van der Waals surface area contributed by atoms with Gasteiger partial charge in [0, 0.05) is 18.8 Å². The molecule has 5 nitrogen and oxygen atoms in total. The van der Waals surface area contributed by atoms with Crippen LogP contribution in [0.2, 0.25) is 5.02 Å². The smallest absolute Gasteiger partial charge is 0.218 e. The van der Waals surface area contributed by atoms with Crippen molar-refractivity contribution in [3.63, 3.8) is 0 Å². The van der Waals surface area contributed by atoms with E-state index in [9.17, 15) is 0 Å². The highest BCUT2D eigenvalue weighted by molar-refractivity contribution is 6.31. The standard InChI is InChI=1S/C11H13ClN4O/c1-16-10(8(12)6-15-16)9(13)7-4-3-5-14-11(7)17-2/h3-6,9H,13H2,1-2H3. The molecule has 0 spiro atoms. The van der Waals surface area contributed by atoms with Crippen molar-refractivity contribution in [2.45, 2.75) is 6.04 Å². The second-order valence-electron chi connectivity index (χ2n) is 3.58. The topological polar surface area (TPSA) is 66.0 Å². The number of ether oxygens (including phenoxy) is 1. The van der Waals surface area contributed by atoms with Crippen LogP contribution in [-0.4, -0.2) is 21.9 Å². The lowest BCUT2D eigenvalue weighted by atomic mass is 10.1. The largest absolute Gasteiger partial charge is 0.481 e. The van der Waals surface area contributed by atoms with Gasteiger partial charge in [-0.1, -0.05) is 17.7 Å². The van der Waals surface area contributed by atoms with Gasteiger partial charge in [-0.25, -0.2) is 4.98 Å². The summed E-state index contributed by atoms with van der Waals surface area (Å²) < 4.78 is 6.83. The molecular formula is C11H13ClN4O. The van der Waals surface area contributed by atoms with Crippen molar-refractivity contribution in [1.82, 2.24) is 14.8 Å². The van der Waals surface area contributed by atoms with Crippen LogP contribution >= 0.6 is 11.6 Å². The fraction of sp³-hybridized carbons (Fsp3) is 0.273. The second-order valence-corrected chi connectivity index (χ2v) is 3.99. The number of hydrogen-bond donors (Lipinski definition) is 1. The Balaban J connectivity index is 2.47. The van der Waals surface area contributed by atoms with Crippen LogP contribution in [0.3, 0.4) is 0 Å². The van der Waals surface area contributed by atoms with E-state index < -0.39 is 6.04 Å². The minimum absolute atomic E-state index is 0.418. The second kappa shape index (κ2) is 4.73. The molecule has 0 saturated heterocycles. The highest BCUT2D eigenvalue weighted by atomic mass is 35.5. The van der Waals surface area contributed by atoms with Crippen LogP contribution < -0.4 is 10.5 Å². The van der Waals surface area contributed by atoms with Crippen molar-refractivity contribution in [2.75, 3.05) is 7.11 Å². The van der Waals surface area contributed by atoms with Gasteiger partial charge in [-0.2, -0.15) is 5.10 Å². The Morgan fingerprint density at radius 3 is 2.88 bits per heavy atom. The Hall–Kier alpha value is -1.59. The Morgan fingerprint density at radius 2 is 2.29 bits per heavy atom. The van der Waals surface area contributed by atoms with E-state index in [2.05, 4.69) is 10.1 Å². The molecule has 0 radical (unpaired) electrons. The first kappa shape index (κ1) is 11.9. The zero-order chi connectivity index (χ0) is 12.4. The maximum Gasteiger partial charge on any atom is 0.218 e. The summed E-state index contributed by atoms with van der Waals surface area (Å²) in [6, 6.07) is 3.25. The number of pyridine rings is 1. The lowest BCUT2D eigenvalue weighted by Gasteiger charge is -2.15. The number of aromatic nitrogens is 3. The Kier molecular flexibility index (Phi) is 3.31. The van der Waals surface area contributed by atoms with E-state index in [1.54, 1.807) is 31.2 Å². The molecule has 0 aliphatic heterocycles. The fourth-order valence-corrected chi connectivity index (χ4v) is 2.01. The summed E-state index contributed by atoms with van der Waals surface area (Å²) in [5, 5.41) is 4.59. The predicted molar refractivity (Wildman–Crippen MR) is 65.0 cm³/mol. The summed E-state index contributed by atoms with van der Waals surface area (Å²) >= 11 is 6.06. The molecule has 90 valence electrons. The van der Waals surface area contributed by atoms with Gasteiger partial charge in [0.25, 0.3) is 0 Å². The van der Waals surface area contributed by atoms with Crippen molar-refractivity contribution in [2.24, 2.45) is 12.8 Å². The number of methoxy groups -OCH3 is 1. The van der Waals surface area contributed by atoms with Gasteiger partial charge in [0.05, 0.1) is 30.1 Å². The maximum absolute atomic E-state index is 6.17. The van der Waals surface area contributed by atoms with Gasteiger partial charge in [-0.15, -0.1) is 0 Å². The lowest BCUT2D eigenvalue weighted by molar-refractivity contribution is 0.390. The molecule has 0 aliphatic carbocycles. The molecule has 0 amide bonds. The van der Waals surface area contributed by atoms with Crippen LogP contribution in [0, 0.1) is 0 Å². The molecule has 17 heavy (non-hydrogen) atoms. The first-order chi connectivity index (χ1) is 8.15. The molecule has 1 atom stereocenters. The summed E-state index contributed by atoms with van der Waals surface area (Å²) in [6.45, 7) is 0. The first-order valence-corrected chi connectivity index (χ1v) is 5.44. The highest BCUT2D eigenvalue weighted by Gasteiger charge is 2.20. The van der Waals surface area contributed by atoms with Gasteiger partial charge in [-0.3, -0.25) is 4.68 Å². The first-order valence-electron chi connectivity index (χ1n) is 5.07. The summed E-state index contributed by atoms with van der Waals surface area (Å²) in [6.07, 6.45) is 3.22. The summed E-state index contributed by atoms with van der Waals surface area (Å²) in [7, 11) is 3.35. The van der Waals surface area contributed by atoms with Gasteiger partial charge in [0.2, 0.25) is 5.88 Å². The highest BCUT2D eigenvalue weighted by Crippen LogP contribution is 2.29. The minimum Gasteiger partial charge on any atom is -0.481 e. The van der Waals surface area contributed by atoms with E-state index in [1.807, 2.05) is 12.1 Å². The van der Waals surface area contributed by atoms with Gasteiger partial charge in [-0.05, 0) is 6.07 Å². The van der Waals surface area contributed by atoms with Crippen molar-refractivity contribution in [3.05, 3.63) is 40.8 Å². The third kappa shape index (κ3) is 2.11. The van der Waals surface area contributed by atoms with E-state index in [-0.39, 0.29) is 0 Å². The van der Waals surface area contributed by atoms with Gasteiger partial charge >= 0.3 is 0 Å². The zero-order valence-electron chi connectivity index (χ0n) is 9.59. The van der Waals surface area contributed by atoms with Crippen LogP contribution in [0.25, 0.3) is 0 Å². The van der Waals surface area contributed by atoms with E-state index in [0.717, 1.165) is 11.3 Å². The van der Waals surface area contributed by atoms with Gasteiger partial charge < -0.3 is 10.5 Å². The predicted octanol–water partition coefficient (Wildman–Crippen LogP) is 1.53. The van der Waals surface area contributed by atoms with Crippen LogP contribution in [0.15, 0.2) is 24.5 Å². The van der Waals surface area contributed by atoms with Crippen LogP contribution in [-0.2, 0) is 7.05 Å².